The van der Waals surface area contributed by atoms with Gasteiger partial charge in [-0.1, -0.05) is 78.6 Å². The Balaban J connectivity index is -0.000000128. The van der Waals surface area contributed by atoms with Gasteiger partial charge in [0.1, 0.15) is 0 Å². The van der Waals surface area contributed by atoms with Crippen molar-refractivity contribution in [3.05, 3.63) is 39.5 Å². The molecule has 4 aliphatic carbocycles. The monoisotopic (exact) mass is 759 g/mol. The second-order valence-corrected chi connectivity index (χ2v) is 8.88. The van der Waals surface area contributed by atoms with Crippen LogP contribution in [-0.2, 0) is 55.2 Å². The third-order valence-electron chi connectivity index (χ3n) is 6.17. The van der Waals surface area contributed by atoms with Crippen LogP contribution in [0, 0.1) is 51.4 Å². The molecule has 0 aromatic carbocycles. The molecular formula is C31H61Fe2NOW. The van der Waals surface area contributed by atoms with Crippen molar-refractivity contribution in [2.24, 2.45) is 11.8 Å². The first-order valence-corrected chi connectivity index (χ1v) is 14.5. The topological polar surface area (TPSA) is 23.5 Å². The number of aliphatic hydroxyl groups excluding tert-OH is 1. The Labute approximate surface area is 265 Å². The van der Waals surface area contributed by atoms with E-state index in [1.165, 1.54) is 103 Å². The smallest absolute Gasteiger partial charge is 0.399 e. The van der Waals surface area contributed by atoms with Gasteiger partial charge < -0.3 is 49.5 Å². The van der Waals surface area contributed by atoms with Crippen molar-refractivity contribution in [1.29, 1.82) is 0 Å². The van der Waals surface area contributed by atoms with E-state index in [-0.39, 0.29) is 61.8 Å². The predicted octanol–water partition coefficient (Wildman–Crippen LogP) is 8.91. The fraction of sp³-hybridized carbons (Fsp3) is 0.806. The summed E-state index contributed by atoms with van der Waals surface area (Å²) in [5.41, 5.74) is 0. The zero-order valence-corrected chi connectivity index (χ0v) is 29.5. The molecule has 2 nitrogen and oxygen atoms in total. The van der Waals surface area contributed by atoms with E-state index in [1.54, 1.807) is 0 Å². The molecule has 0 heterocycles. The van der Waals surface area contributed by atoms with Gasteiger partial charge in [0, 0.05) is 6.61 Å². The Morgan fingerprint density at radius 3 is 1.50 bits per heavy atom. The van der Waals surface area contributed by atoms with Crippen LogP contribution in [0.1, 0.15) is 124 Å². The Bertz CT molecular complexity index is 285. The minimum Gasteiger partial charge on any atom is -0.399 e. The molecule has 36 heavy (non-hydrogen) atoms. The quantitative estimate of drug-likeness (QED) is 0.216. The molecule has 0 radical (unpaired) electrons. The van der Waals surface area contributed by atoms with Crippen LogP contribution in [0.3, 0.4) is 0 Å². The zero-order chi connectivity index (χ0) is 25.0. The second kappa shape index (κ2) is 41.1. The molecule has 0 spiro atoms. The van der Waals surface area contributed by atoms with Crippen LogP contribution < -0.4 is 0 Å². The van der Waals surface area contributed by atoms with Crippen LogP contribution in [-0.4, -0.2) is 36.2 Å². The van der Waals surface area contributed by atoms with Crippen LogP contribution >= 0.6 is 0 Å². The maximum absolute atomic E-state index is 7.81. The number of hydrogen-bond acceptors (Lipinski definition) is 2. The average Bonchev–Trinajstić information content (AvgIpc) is 3.71. The van der Waals surface area contributed by atoms with Crippen LogP contribution in [0.2, 0.25) is 0 Å². The van der Waals surface area contributed by atoms with E-state index in [0.717, 1.165) is 18.4 Å². The number of hydrogen-bond donors (Lipinski definition) is 1. The summed E-state index contributed by atoms with van der Waals surface area (Å²) >= 11 is 0. The molecule has 0 amide bonds. The summed E-state index contributed by atoms with van der Waals surface area (Å²) in [7, 11) is 0. The molecule has 2 unspecified atom stereocenters. The fourth-order valence-electron chi connectivity index (χ4n) is 4.41. The SMILES string of the molecule is CC.CC.[CH-]1CCCC1.[CH-]1CCCC1.[CH2-]CCO.[CH2-]CN(CC1[CH-]CCC1)CC1C[CH-]CC1.[Fe+2].[Fe+2].[W+2]. The molecule has 2 atom stereocenters. The number of aliphatic hydroxyl groups is 1. The van der Waals surface area contributed by atoms with E-state index in [0.29, 0.717) is 6.42 Å². The van der Waals surface area contributed by atoms with Gasteiger partial charge in [0.25, 0.3) is 0 Å². The summed E-state index contributed by atoms with van der Waals surface area (Å²) in [6, 6.07) is 0. The van der Waals surface area contributed by atoms with Crippen molar-refractivity contribution in [2.45, 2.75) is 124 Å². The van der Waals surface area contributed by atoms with E-state index in [4.69, 9.17) is 5.11 Å². The van der Waals surface area contributed by atoms with E-state index in [9.17, 15) is 0 Å². The third-order valence-corrected chi connectivity index (χ3v) is 6.17. The van der Waals surface area contributed by atoms with E-state index >= 15 is 0 Å². The average molecular weight is 759 g/mol. The molecule has 0 bridgehead atoms. The van der Waals surface area contributed by atoms with Crippen molar-refractivity contribution >= 4 is 0 Å². The summed E-state index contributed by atoms with van der Waals surface area (Å²) in [6.07, 6.45) is 29.8. The first-order valence-electron chi connectivity index (χ1n) is 14.5. The summed E-state index contributed by atoms with van der Waals surface area (Å²) in [5.74, 6) is 1.78. The fourth-order valence-corrected chi connectivity index (χ4v) is 4.41. The molecule has 0 aromatic heterocycles. The molecule has 0 aromatic rings. The van der Waals surface area contributed by atoms with Gasteiger partial charge in [-0.2, -0.15) is 57.3 Å². The Morgan fingerprint density at radius 1 is 0.722 bits per heavy atom. The molecular weight excluding hydrogens is 698 g/mol. The first kappa shape index (κ1) is 47.4. The van der Waals surface area contributed by atoms with Crippen molar-refractivity contribution in [3.63, 3.8) is 0 Å². The first-order chi connectivity index (χ1) is 16.3. The van der Waals surface area contributed by atoms with E-state index in [1.807, 2.05) is 27.7 Å². The van der Waals surface area contributed by atoms with Crippen LogP contribution in [0.25, 0.3) is 0 Å². The molecule has 4 aliphatic rings. The summed E-state index contributed by atoms with van der Waals surface area (Å²) in [6.45, 7) is 19.2. The van der Waals surface area contributed by atoms with Crippen LogP contribution in [0.15, 0.2) is 0 Å². The largest absolute Gasteiger partial charge is 2.00 e. The standard InChI is InChI=1S/C14H24N.2C5H9.C3H7O.2C2H6.2Fe.W/c1-2-15(11-13-7-3-4-8-13)12-14-9-5-6-10-14;2*1-2-4-5-3-1;1-2-3-4;2*1-2;;;/h3,9,13-14H,1-2,4-8,10-12H2;2*1H,2-5H2;4H,1-3H2;2*1-2H3;;;/q-3;3*-1;;;3*+2. The Hall–Kier alpha value is 1.65. The maximum Gasteiger partial charge on any atom is 2.00 e. The summed E-state index contributed by atoms with van der Waals surface area (Å²) < 4.78 is 0. The summed E-state index contributed by atoms with van der Waals surface area (Å²) in [5, 5.41) is 7.81. The molecule has 5 heteroatoms. The Kier molecular flexibility index (Phi) is 54.2. The summed E-state index contributed by atoms with van der Waals surface area (Å²) in [4.78, 5) is 2.57. The van der Waals surface area contributed by atoms with Gasteiger partial charge in [-0.3, -0.25) is 0 Å². The molecule has 0 aliphatic heterocycles. The number of rotatable bonds is 6. The molecule has 4 saturated carbocycles. The van der Waals surface area contributed by atoms with Gasteiger partial charge in [-0.05, 0) is 13.1 Å². The van der Waals surface area contributed by atoms with Crippen LogP contribution in [0.4, 0.5) is 0 Å². The third kappa shape index (κ3) is 31.9. The van der Waals surface area contributed by atoms with Gasteiger partial charge in [0.15, 0.2) is 0 Å². The normalized spacial score (nSPS) is 21.0. The van der Waals surface area contributed by atoms with Gasteiger partial charge >= 0.3 is 55.2 Å². The van der Waals surface area contributed by atoms with Crippen LogP contribution in [0.5, 0.6) is 0 Å². The Morgan fingerprint density at radius 2 is 1.22 bits per heavy atom. The zero-order valence-electron chi connectivity index (χ0n) is 24.3. The molecule has 1 N–H and O–H groups in total. The van der Waals surface area contributed by atoms with E-state index < -0.39 is 0 Å². The van der Waals surface area contributed by atoms with Crippen molar-refractivity contribution in [3.8, 4) is 0 Å². The number of nitrogens with zero attached hydrogens (tertiary/aromatic N) is 1. The van der Waals surface area contributed by atoms with Crippen molar-refractivity contribution < 1.29 is 60.3 Å². The van der Waals surface area contributed by atoms with Crippen molar-refractivity contribution in [2.75, 3.05) is 26.2 Å². The maximum atomic E-state index is 7.81. The van der Waals surface area contributed by atoms with Gasteiger partial charge in [0.2, 0.25) is 0 Å². The second-order valence-electron chi connectivity index (χ2n) is 8.88. The molecule has 4 fully saturated rings. The minimum absolute atomic E-state index is 0. The van der Waals surface area contributed by atoms with Gasteiger partial charge in [-0.15, -0.1) is 6.54 Å². The molecule has 4 rings (SSSR count). The van der Waals surface area contributed by atoms with Crippen molar-refractivity contribution in [1.82, 2.24) is 4.90 Å². The van der Waals surface area contributed by atoms with E-state index in [2.05, 4.69) is 44.4 Å². The van der Waals surface area contributed by atoms with Gasteiger partial charge in [0.05, 0.1) is 0 Å². The van der Waals surface area contributed by atoms with Gasteiger partial charge in [-0.25, -0.2) is 0 Å². The molecule has 0 saturated heterocycles. The molecule has 218 valence electrons. The predicted molar refractivity (Wildman–Crippen MR) is 150 cm³/mol. The minimum atomic E-state index is 0.